The zero-order valence-electron chi connectivity index (χ0n) is 20.7. The van der Waals surface area contributed by atoms with E-state index in [1.807, 2.05) is 14.1 Å². The first-order valence-corrected chi connectivity index (χ1v) is 12.4. The smallest absolute Gasteiger partial charge is 0.255 e. The summed E-state index contributed by atoms with van der Waals surface area (Å²) < 4.78 is 5.79. The monoisotopic (exact) mass is 487 g/mol. The molecule has 35 heavy (non-hydrogen) atoms. The van der Waals surface area contributed by atoms with E-state index in [1.54, 1.807) is 24.3 Å². The number of carbonyl (C=O) groups excluding carboxylic acids is 4. The highest BCUT2D eigenvalue weighted by atomic mass is 16.5. The van der Waals surface area contributed by atoms with E-state index in [4.69, 9.17) is 4.74 Å². The molecule has 0 unspecified atom stereocenters. The van der Waals surface area contributed by atoms with Crippen molar-refractivity contribution < 1.29 is 23.9 Å². The number of nitrogens with zero attached hydrogens (tertiary/aromatic N) is 2. The Hall–Kier alpha value is -3.14. The lowest BCUT2D eigenvalue weighted by atomic mass is 10.1. The molecule has 3 N–H and O–H groups in total. The summed E-state index contributed by atoms with van der Waals surface area (Å²) in [5.74, 6) is -1.03. The van der Waals surface area contributed by atoms with Crippen LogP contribution in [-0.4, -0.2) is 92.4 Å². The molecule has 1 fully saturated rings. The molecule has 10 heteroatoms. The lowest BCUT2D eigenvalue weighted by Crippen LogP contribution is -2.52. The van der Waals surface area contributed by atoms with Gasteiger partial charge in [-0.25, -0.2) is 0 Å². The summed E-state index contributed by atoms with van der Waals surface area (Å²) in [5, 5.41) is 8.47. The summed E-state index contributed by atoms with van der Waals surface area (Å²) in [5.41, 5.74) is 0.293. The molecule has 3 rings (SSSR count). The van der Waals surface area contributed by atoms with Crippen LogP contribution in [-0.2, 0) is 14.4 Å². The number of rotatable bonds is 6. The lowest BCUT2D eigenvalue weighted by molar-refractivity contribution is -0.140. The maximum Gasteiger partial charge on any atom is 0.255 e. The highest BCUT2D eigenvalue weighted by Gasteiger charge is 2.36. The molecule has 4 amide bonds. The van der Waals surface area contributed by atoms with E-state index in [-0.39, 0.29) is 18.2 Å². The van der Waals surface area contributed by atoms with E-state index in [9.17, 15) is 19.2 Å². The Labute approximate surface area is 206 Å². The summed E-state index contributed by atoms with van der Waals surface area (Å²) in [4.78, 5) is 55.6. The third kappa shape index (κ3) is 7.68. The number of nitrogens with one attached hydrogen (secondary N) is 3. The second-order valence-electron chi connectivity index (χ2n) is 9.27. The molecule has 0 aliphatic carbocycles. The molecule has 0 aromatic heterocycles. The fraction of sp³-hybridized carbons (Fsp3) is 0.600. The molecule has 0 spiro atoms. The van der Waals surface area contributed by atoms with Gasteiger partial charge in [-0.15, -0.1) is 0 Å². The summed E-state index contributed by atoms with van der Waals surface area (Å²) in [6.45, 7) is 2.53. The molecule has 10 nitrogen and oxygen atoms in total. The topological polar surface area (TPSA) is 120 Å². The SMILES string of the molecule is CN(C)CCCCNC(=O)[C@@H]1CC(=O)N2CCC[C@@H]2C(=O)NCCCOc2ccccc2C(=O)N1. The largest absolute Gasteiger partial charge is 0.493 e. The Bertz CT molecular complexity index is 906. The highest BCUT2D eigenvalue weighted by Crippen LogP contribution is 2.21. The molecular formula is C25H37N5O5. The lowest BCUT2D eigenvalue weighted by Gasteiger charge is -2.26. The van der Waals surface area contributed by atoms with E-state index in [1.165, 1.54) is 4.90 Å². The molecular weight excluding hydrogens is 450 g/mol. The number of ether oxygens (including phenoxy) is 1. The Morgan fingerprint density at radius 3 is 2.77 bits per heavy atom. The van der Waals surface area contributed by atoms with Crippen molar-refractivity contribution in [3.63, 3.8) is 0 Å². The normalized spacial score (nSPS) is 21.7. The first-order valence-electron chi connectivity index (χ1n) is 12.4. The number of fused-ring (bicyclic) bond motifs is 2. The molecule has 1 aromatic rings. The molecule has 2 aliphatic heterocycles. The molecule has 1 saturated heterocycles. The Kier molecular flexibility index (Phi) is 9.89. The zero-order chi connectivity index (χ0) is 25.2. The number of unbranched alkanes of at least 4 members (excludes halogenated alkanes) is 1. The molecule has 2 aliphatic rings. The van der Waals surface area contributed by atoms with E-state index >= 15 is 0 Å². The maximum absolute atomic E-state index is 13.2. The van der Waals surface area contributed by atoms with Gasteiger partial charge in [-0.2, -0.15) is 0 Å². The van der Waals surface area contributed by atoms with Crippen LogP contribution >= 0.6 is 0 Å². The van der Waals surface area contributed by atoms with Crippen LogP contribution in [0.5, 0.6) is 5.75 Å². The third-order valence-electron chi connectivity index (χ3n) is 6.22. The average Bonchev–Trinajstić information content (AvgIpc) is 3.32. The van der Waals surface area contributed by atoms with Gasteiger partial charge in [0.15, 0.2) is 0 Å². The van der Waals surface area contributed by atoms with Crippen LogP contribution in [0.15, 0.2) is 24.3 Å². The standard InChI is InChI=1S/C25H37N5O5/c1-29(2)14-6-5-12-26-24(33)19-17-22(31)30-15-7-10-20(30)25(34)27-13-8-16-35-21-11-4-3-9-18(21)23(32)28-19/h3-4,9,11,19-20H,5-8,10,12-17H2,1-2H3,(H,26,33)(H,27,34)(H,28,32)/t19-,20+/m0/s1. The minimum absolute atomic E-state index is 0.197. The Morgan fingerprint density at radius 2 is 1.97 bits per heavy atom. The average molecular weight is 488 g/mol. The predicted octanol–water partition coefficient (Wildman–Crippen LogP) is 0.523. The molecule has 0 bridgehead atoms. The first kappa shape index (κ1) is 26.5. The Balaban J connectivity index is 1.77. The molecule has 0 saturated carbocycles. The molecule has 192 valence electrons. The molecule has 2 atom stereocenters. The van der Waals surface area contributed by atoms with E-state index in [0.717, 1.165) is 25.8 Å². The number of hydrogen-bond acceptors (Lipinski definition) is 6. The Morgan fingerprint density at radius 1 is 1.17 bits per heavy atom. The second-order valence-corrected chi connectivity index (χ2v) is 9.27. The van der Waals surface area contributed by atoms with Crippen LogP contribution in [0, 0.1) is 0 Å². The van der Waals surface area contributed by atoms with Crippen molar-refractivity contribution in [2.75, 3.05) is 46.9 Å². The van der Waals surface area contributed by atoms with Crippen molar-refractivity contribution in [1.82, 2.24) is 25.8 Å². The second kappa shape index (κ2) is 13.1. The molecule has 1 aromatic carbocycles. The number of amides is 4. The zero-order valence-corrected chi connectivity index (χ0v) is 20.7. The van der Waals surface area contributed by atoms with Gasteiger partial charge in [0.1, 0.15) is 17.8 Å². The van der Waals surface area contributed by atoms with Gasteiger partial charge in [-0.3, -0.25) is 19.2 Å². The molecule has 0 radical (unpaired) electrons. The summed E-state index contributed by atoms with van der Waals surface area (Å²) in [6.07, 6.45) is 3.33. The van der Waals surface area contributed by atoms with Gasteiger partial charge in [0.05, 0.1) is 18.6 Å². The van der Waals surface area contributed by atoms with Gasteiger partial charge in [0, 0.05) is 19.6 Å². The van der Waals surface area contributed by atoms with Crippen molar-refractivity contribution in [2.45, 2.75) is 50.6 Å². The van der Waals surface area contributed by atoms with Crippen LogP contribution in [0.4, 0.5) is 0 Å². The quantitative estimate of drug-likeness (QED) is 0.504. The van der Waals surface area contributed by atoms with Crippen molar-refractivity contribution in [3.05, 3.63) is 29.8 Å². The fourth-order valence-electron chi connectivity index (χ4n) is 4.33. The minimum atomic E-state index is -1.06. The first-order chi connectivity index (χ1) is 16.9. The van der Waals surface area contributed by atoms with Gasteiger partial charge in [-0.1, -0.05) is 12.1 Å². The van der Waals surface area contributed by atoms with Gasteiger partial charge in [0.25, 0.3) is 5.91 Å². The van der Waals surface area contributed by atoms with Crippen LogP contribution in [0.1, 0.15) is 48.9 Å². The van der Waals surface area contributed by atoms with Crippen molar-refractivity contribution >= 4 is 23.6 Å². The van der Waals surface area contributed by atoms with Crippen molar-refractivity contribution in [3.8, 4) is 5.75 Å². The summed E-state index contributed by atoms with van der Waals surface area (Å²) in [6, 6.07) is 5.17. The minimum Gasteiger partial charge on any atom is -0.493 e. The predicted molar refractivity (Wildman–Crippen MR) is 131 cm³/mol. The van der Waals surface area contributed by atoms with Gasteiger partial charge < -0.3 is 30.5 Å². The number of benzene rings is 1. The van der Waals surface area contributed by atoms with Gasteiger partial charge in [-0.05, 0) is 64.9 Å². The fourth-order valence-corrected chi connectivity index (χ4v) is 4.33. The van der Waals surface area contributed by atoms with Crippen molar-refractivity contribution in [1.29, 1.82) is 0 Å². The van der Waals surface area contributed by atoms with Gasteiger partial charge >= 0.3 is 0 Å². The van der Waals surface area contributed by atoms with E-state index in [0.29, 0.717) is 50.4 Å². The maximum atomic E-state index is 13.2. The van der Waals surface area contributed by atoms with Gasteiger partial charge in [0.2, 0.25) is 17.7 Å². The van der Waals surface area contributed by atoms with Crippen molar-refractivity contribution in [2.24, 2.45) is 0 Å². The summed E-state index contributed by atoms with van der Waals surface area (Å²) >= 11 is 0. The van der Waals surface area contributed by atoms with E-state index < -0.39 is 23.9 Å². The van der Waals surface area contributed by atoms with Crippen LogP contribution in [0.25, 0.3) is 0 Å². The molecule has 2 heterocycles. The number of para-hydroxylation sites is 1. The van der Waals surface area contributed by atoms with Crippen LogP contribution in [0.3, 0.4) is 0 Å². The number of hydrogen-bond donors (Lipinski definition) is 3. The van der Waals surface area contributed by atoms with Crippen LogP contribution < -0.4 is 20.7 Å². The third-order valence-corrected chi connectivity index (χ3v) is 6.22. The number of carbonyl (C=O) groups is 4. The van der Waals surface area contributed by atoms with Crippen LogP contribution in [0.2, 0.25) is 0 Å². The highest BCUT2D eigenvalue weighted by molar-refractivity contribution is 6.01. The summed E-state index contributed by atoms with van der Waals surface area (Å²) in [7, 11) is 3.98. The van der Waals surface area contributed by atoms with E-state index in [2.05, 4.69) is 20.9 Å².